The maximum absolute atomic E-state index is 11.9. The van der Waals surface area contributed by atoms with Crippen LogP contribution in [0.25, 0.3) is 0 Å². The molecule has 1 fully saturated rings. The maximum Gasteiger partial charge on any atom is 0.234 e. The number of rotatable bonds is 7. The van der Waals surface area contributed by atoms with Gasteiger partial charge in [0.15, 0.2) is 0 Å². The molecule has 2 N–H and O–H groups in total. The van der Waals surface area contributed by atoms with Crippen molar-refractivity contribution in [3.8, 4) is 0 Å². The molecule has 1 amide bonds. The minimum Gasteiger partial charge on any atom is -0.352 e. The molecule has 1 aliphatic carbocycles. The first kappa shape index (κ1) is 15.4. The normalized spacial score (nSPS) is 24.2. The highest BCUT2D eigenvalue weighted by Gasteiger charge is 2.19. The molecular formula is C14H29N3O. The summed E-state index contributed by atoms with van der Waals surface area (Å²) >= 11 is 0. The van der Waals surface area contributed by atoms with Gasteiger partial charge in [0, 0.05) is 6.04 Å². The lowest BCUT2D eigenvalue weighted by Crippen LogP contribution is -2.42. The van der Waals surface area contributed by atoms with E-state index in [1.165, 1.54) is 12.8 Å². The van der Waals surface area contributed by atoms with Crippen LogP contribution in [0.2, 0.25) is 0 Å². The van der Waals surface area contributed by atoms with Crippen LogP contribution >= 0.6 is 0 Å². The van der Waals surface area contributed by atoms with Crippen LogP contribution in [0.15, 0.2) is 0 Å². The van der Waals surface area contributed by atoms with Crippen LogP contribution in [0.1, 0.15) is 39.0 Å². The predicted molar refractivity (Wildman–Crippen MR) is 75.6 cm³/mol. The summed E-state index contributed by atoms with van der Waals surface area (Å²) in [6, 6.07) is 0.416. The number of hydrogen-bond acceptors (Lipinski definition) is 3. The van der Waals surface area contributed by atoms with Gasteiger partial charge in [-0.3, -0.25) is 9.69 Å². The maximum atomic E-state index is 11.9. The summed E-state index contributed by atoms with van der Waals surface area (Å²) in [5.41, 5.74) is 0. The summed E-state index contributed by atoms with van der Waals surface area (Å²) in [6.45, 7) is 4.80. The molecule has 18 heavy (non-hydrogen) atoms. The van der Waals surface area contributed by atoms with Crippen LogP contribution in [0.4, 0.5) is 0 Å². The smallest absolute Gasteiger partial charge is 0.234 e. The molecule has 0 aromatic heterocycles. The summed E-state index contributed by atoms with van der Waals surface area (Å²) < 4.78 is 0. The fraction of sp³-hybridized carbons (Fsp3) is 0.929. The molecule has 0 radical (unpaired) electrons. The summed E-state index contributed by atoms with van der Waals surface area (Å²) in [4.78, 5) is 14.0. The van der Waals surface area contributed by atoms with Gasteiger partial charge in [-0.05, 0) is 65.2 Å². The van der Waals surface area contributed by atoms with Crippen molar-refractivity contribution in [3.63, 3.8) is 0 Å². The molecule has 0 atom stereocenters. The van der Waals surface area contributed by atoms with Crippen LogP contribution in [-0.4, -0.2) is 50.6 Å². The van der Waals surface area contributed by atoms with Crippen molar-refractivity contribution in [1.82, 2.24) is 15.5 Å². The molecule has 106 valence electrons. The zero-order valence-electron chi connectivity index (χ0n) is 12.2. The van der Waals surface area contributed by atoms with Gasteiger partial charge in [0.25, 0.3) is 0 Å². The first-order valence-electron chi connectivity index (χ1n) is 7.24. The van der Waals surface area contributed by atoms with Crippen molar-refractivity contribution < 1.29 is 4.79 Å². The van der Waals surface area contributed by atoms with Crippen molar-refractivity contribution in [3.05, 3.63) is 0 Å². The Morgan fingerprint density at radius 1 is 1.28 bits per heavy atom. The SMILES string of the molecule is CNCCCN(C)CC(=O)NC1CCC(C)CC1. The number of carbonyl (C=O) groups excluding carboxylic acids is 1. The molecule has 0 aromatic rings. The Bertz CT molecular complexity index is 237. The van der Waals surface area contributed by atoms with Crippen LogP contribution in [0.3, 0.4) is 0 Å². The molecule has 0 saturated heterocycles. The van der Waals surface area contributed by atoms with Crippen molar-refractivity contribution in [2.24, 2.45) is 5.92 Å². The van der Waals surface area contributed by atoms with E-state index >= 15 is 0 Å². The Morgan fingerprint density at radius 2 is 1.94 bits per heavy atom. The Labute approximate surface area is 111 Å². The van der Waals surface area contributed by atoms with E-state index in [0.717, 1.165) is 38.3 Å². The zero-order valence-corrected chi connectivity index (χ0v) is 12.2. The van der Waals surface area contributed by atoms with Crippen molar-refractivity contribution in [2.75, 3.05) is 33.7 Å². The highest BCUT2D eigenvalue weighted by atomic mass is 16.2. The topological polar surface area (TPSA) is 44.4 Å². The standard InChI is InChI=1S/C14H29N3O/c1-12-5-7-13(8-6-12)16-14(18)11-17(3)10-4-9-15-2/h12-13,15H,4-11H2,1-3H3,(H,16,18). The summed E-state index contributed by atoms with van der Waals surface area (Å²) in [5.74, 6) is 1.02. The Hall–Kier alpha value is -0.610. The third-order valence-corrected chi connectivity index (χ3v) is 3.76. The fourth-order valence-electron chi connectivity index (χ4n) is 2.53. The van der Waals surface area contributed by atoms with Crippen LogP contribution in [-0.2, 0) is 4.79 Å². The van der Waals surface area contributed by atoms with Gasteiger partial charge in [-0.15, -0.1) is 0 Å². The summed E-state index contributed by atoms with van der Waals surface area (Å²) in [7, 11) is 3.97. The lowest BCUT2D eigenvalue weighted by atomic mass is 9.87. The third kappa shape index (κ3) is 6.36. The van der Waals surface area contributed by atoms with Crippen LogP contribution < -0.4 is 10.6 Å². The number of likely N-dealkylation sites (N-methyl/N-ethyl adjacent to an activating group) is 1. The van der Waals surface area contributed by atoms with E-state index in [4.69, 9.17) is 0 Å². The fourth-order valence-corrected chi connectivity index (χ4v) is 2.53. The van der Waals surface area contributed by atoms with Gasteiger partial charge in [0.05, 0.1) is 6.54 Å². The van der Waals surface area contributed by atoms with Gasteiger partial charge < -0.3 is 10.6 Å². The average Bonchev–Trinajstić information content (AvgIpc) is 2.32. The molecule has 0 aromatic carbocycles. The molecule has 0 bridgehead atoms. The number of hydrogen-bond donors (Lipinski definition) is 2. The van der Waals surface area contributed by atoms with Crippen molar-refractivity contribution >= 4 is 5.91 Å². The predicted octanol–water partition coefficient (Wildman–Crippen LogP) is 1.22. The molecule has 4 nitrogen and oxygen atoms in total. The molecular weight excluding hydrogens is 226 g/mol. The van der Waals surface area contributed by atoms with Crippen LogP contribution in [0, 0.1) is 5.92 Å². The molecule has 0 aliphatic heterocycles. The first-order valence-corrected chi connectivity index (χ1v) is 7.24. The summed E-state index contributed by atoms with van der Waals surface area (Å²) in [6.07, 6.45) is 5.89. The average molecular weight is 255 g/mol. The van der Waals surface area contributed by atoms with Crippen molar-refractivity contribution in [2.45, 2.75) is 45.1 Å². The Balaban J connectivity index is 2.12. The lowest BCUT2D eigenvalue weighted by Gasteiger charge is -2.27. The monoisotopic (exact) mass is 255 g/mol. The van der Waals surface area contributed by atoms with Gasteiger partial charge in [-0.1, -0.05) is 6.92 Å². The largest absolute Gasteiger partial charge is 0.352 e. The van der Waals surface area contributed by atoms with Gasteiger partial charge in [-0.25, -0.2) is 0 Å². The van der Waals surface area contributed by atoms with E-state index in [0.29, 0.717) is 12.6 Å². The van der Waals surface area contributed by atoms with E-state index in [-0.39, 0.29) is 5.91 Å². The number of amides is 1. The quantitative estimate of drug-likeness (QED) is 0.672. The minimum absolute atomic E-state index is 0.182. The molecule has 0 unspecified atom stereocenters. The molecule has 4 heteroatoms. The lowest BCUT2D eigenvalue weighted by molar-refractivity contribution is -0.122. The van der Waals surface area contributed by atoms with Gasteiger partial charge >= 0.3 is 0 Å². The minimum atomic E-state index is 0.182. The highest BCUT2D eigenvalue weighted by molar-refractivity contribution is 5.78. The molecule has 0 heterocycles. The molecule has 1 aliphatic rings. The van der Waals surface area contributed by atoms with Gasteiger partial charge in [-0.2, -0.15) is 0 Å². The molecule has 1 rings (SSSR count). The van der Waals surface area contributed by atoms with E-state index in [1.54, 1.807) is 0 Å². The summed E-state index contributed by atoms with van der Waals surface area (Å²) in [5, 5.41) is 6.28. The zero-order chi connectivity index (χ0) is 13.4. The van der Waals surface area contributed by atoms with Crippen LogP contribution in [0.5, 0.6) is 0 Å². The third-order valence-electron chi connectivity index (χ3n) is 3.76. The Morgan fingerprint density at radius 3 is 2.56 bits per heavy atom. The van der Waals surface area contributed by atoms with E-state index < -0.39 is 0 Å². The van der Waals surface area contributed by atoms with E-state index in [1.807, 2.05) is 14.1 Å². The van der Waals surface area contributed by atoms with E-state index in [9.17, 15) is 4.79 Å². The second kappa shape index (κ2) is 8.48. The second-order valence-corrected chi connectivity index (χ2v) is 5.72. The Kier molecular flexibility index (Phi) is 7.28. The number of carbonyl (C=O) groups is 1. The van der Waals surface area contributed by atoms with Gasteiger partial charge in [0.2, 0.25) is 5.91 Å². The molecule has 0 spiro atoms. The van der Waals surface area contributed by atoms with Crippen molar-refractivity contribution in [1.29, 1.82) is 0 Å². The molecule has 1 saturated carbocycles. The number of nitrogens with zero attached hydrogens (tertiary/aromatic N) is 1. The van der Waals surface area contributed by atoms with Gasteiger partial charge in [0.1, 0.15) is 0 Å². The first-order chi connectivity index (χ1) is 8.61. The van der Waals surface area contributed by atoms with E-state index in [2.05, 4.69) is 22.5 Å². The second-order valence-electron chi connectivity index (χ2n) is 5.72. The number of nitrogens with one attached hydrogen (secondary N) is 2. The highest BCUT2D eigenvalue weighted by Crippen LogP contribution is 2.23.